The highest BCUT2D eigenvalue weighted by molar-refractivity contribution is 5.15. The Kier molecular flexibility index (Phi) is 3.59. The van der Waals surface area contributed by atoms with E-state index >= 15 is 0 Å². The van der Waals surface area contributed by atoms with Crippen molar-refractivity contribution in [1.82, 2.24) is 10.3 Å². The van der Waals surface area contributed by atoms with E-state index in [0.29, 0.717) is 30.0 Å². The predicted octanol–water partition coefficient (Wildman–Crippen LogP) is 3.18. The molecule has 1 aliphatic heterocycles. The van der Waals surface area contributed by atoms with Gasteiger partial charge in [-0.3, -0.25) is 4.98 Å². The fourth-order valence-corrected chi connectivity index (χ4v) is 4.04. The number of fused-ring (bicyclic) bond motifs is 1. The zero-order valence-corrected chi connectivity index (χ0v) is 13.0. The summed E-state index contributed by atoms with van der Waals surface area (Å²) in [4.78, 5) is 4.55. The maximum Gasteiger partial charge on any atom is 0.0685 e. The van der Waals surface area contributed by atoms with Crippen LogP contribution in [0.1, 0.15) is 45.9 Å². The lowest BCUT2D eigenvalue weighted by Crippen LogP contribution is -2.66. The number of hydrogen-bond acceptors (Lipinski definition) is 3. The van der Waals surface area contributed by atoms with Crippen molar-refractivity contribution in [2.45, 2.75) is 52.3 Å². The first-order valence-corrected chi connectivity index (χ1v) is 7.80. The van der Waals surface area contributed by atoms with Crippen molar-refractivity contribution in [3.8, 4) is 0 Å². The Balaban J connectivity index is 1.78. The zero-order valence-electron chi connectivity index (χ0n) is 13.0. The Labute approximate surface area is 122 Å². The molecule has 3 heteroatoms. The Hall–Kier alpha value is -0.930. The van der Waals surface area contributed by atoms with Gasteiger partial charge in [-0.05, 0) is 24.5 Å². The first-order valence-electron chi connectivity index (χ1n) is 7.80. The molecule has 0 amide bonds. The second kappa shape index (κ2) is 5.12. The normalized spacial score (nSPS) is 32.8. The fraction of sp³-hybridized carbons (Fsp3) is 0.706. The Morgan fingerprint density at radius 2 is 2.15 bits per heavy atom. The van der Waals surface area contributed by atoms with Gasteiger partial charge in [0.25, 0.3) is 0 Å². The number of pyridine rings is 1. The lowest BCUT2D eigenvalue weighted by Gasteiger charge is -2.56. The molecule has 1 saturated heterocycles. The van der Waals surface area contributed by atoms with Gasteiger partial charge in [0.05, 0.1) is 17.8 Å². The van der Waals surface area contributed by atoms with Gasteiger partial charge in [-0.1, -0.05) is 33.8 Å². The molecule has 1 aromatic rings. The molecule has 0 radical (unpaired) electrons. The van der Waals surface area contributed by atoms with Gasteiger partial charge in [0.2, 0.25) is 0 Å². The van der Waals surface area contributed by atoms with Crippen LogP contribution in [0.15, 0.2) is 24.4 Å². The predicted molar refractivity (Wildman–Crippen MR) is 80.4 cm³/mol. The summed E-state index contributed by atoms with van der Waals surface area (Å²) in [5, 5.41) is 3.89. The molecule has 3 nitrogen and oxygen atoms in total. The van der Waals surface area contributed by atoms with Crippen LogP contribution in [0.3, 0.4) is 0 Å². The van der Waals surface area contributed by atoms with Gasteiger partial charge in [-0.25, -0.2) is 0 Å². The van der Waals surface area contributed by atoms with E-state index in [0.717, 1.165) is 12.3 Å². The highest BCUT2D eigenvalue weighted by atomic mass is 16.5. The van der Waals surface area contributed by atoms with E-state index in [-0.39, 0.29) is 5.41 Å². The molecule has 0 unspecified atom stereocenters. The van der Waals surface area contributed by atoms with Crippen molar-refractivity contribution in [2.24, 2.45) is 17.3 Å². The average molecular weight is 274 g/mol. The highest BCUT2D eigenvalue weighted by Crippen LogP contribution is 2.52. The summed E-state index contributed by atoms with van der Waals surface area (Å²) in [7, 11) is 0. The van der Waals surface area contributed by atoms with E-state index < -0.39 is 0 Å². The second-order valence-electron chi connectivity index (χ2n) is 7.19. The highest BCUT2D eigenvalue weighted by Gasteiger charge is 2.59. The van der Waals surface area contributed by atoms with Crippen molar-refractivity contribution < 1.29 is 4.74 Å². The van der Waals surface area contributed by atoms with E-state index in [2.05, 4.69) is 50.1 Å². The van der Waals surface area contributed by atoms with E-state index in [1.54, 1.807) is 0 Å². The topological polar surface area (TPSA) is 34.1 Å². The minimum absolute atomic E-state index is 0.225. The van der Waals surface area contributed by atoms with Crippen LogP contribution >= 0.6 is 0 Å². The largest absolute Gasteiger partial charge is 0.377 e. The van der Waals surface area contributed by atoms with Crippen LogP contribution in [-0.4, -0.2) is 23.7 Å². The van der Waals surface area contributed by atoms with Gasteiger partial charge >= 0.3 is 0 Å². The van der Waals surface area contributed by atoms with Gasteiger partial charge in [-0.15, -0.1) is 0 Å². The first-order chi connectivity index (χ1) is 9.51. The zero-order chi connectivity index (χ0) is 14.3. The second-order valence-corrected chi connectivity index (χ2v) is 7.19. The van der Waals surface area contributed by atoms with E-state index in [4.69, 9.17) is 4.74 Å². The van der Waals surface area contributed by atoms with E-state index in [9.17, 15) is 0 Å². The molecule has 1 N–H and O–H groups in total. The van der Waals surface area contributed by atoms with Crippen molar-refractivity contribution in [2.75, 3.05) is 6.61 Å². The molecular formula is C17H26N2O. The molecule has 1 saturated carbocycles. The third-order valence-electron chi connectivity index (χ3n) is 5.13. The Morgan fingerprint density at radius 3 is 2.80 bits per heavy atom. The van der Waals surface area contributed by atoms with Crippen molar-refractivity contribution in [3.63, 3.8) is 0 Å². The molecule has 2 heterocycles. The minimum Gasteiger partial charge on any atom is -0.377 e. The van der Waals surface area contributed by atoms with Crippen LogP contribution in [-0.2, 0) is 4.74 Å². The Morgan fingerprint density at radius 1 is 1.35 bits per heavy atom. The third kappa shape index (κ3) is 2.17. The molecule has 2 aliphatic rings. The summed E-state index contributed by atoms with van der Waals surface area (Å²) in [6, 6.07) is 7.04. The summed E-state index contributed by atoms with van der Waals surface area (Å²) in [5.74, 6) is 1.21. The van der Waals surface area contributed by atoms with Crippen molar-refractivity contribution in [3.05, 3.63) is 30.1 Å². The number of aromatic nitrogens is 1. The molecule has 3 rings (SSSR count). The van der Waals surface area contributed by atoms with Crippen LogP contribution in [0.2, 0.25) is 0 Å². The summed E-state index contributed by atoms with van der Waals surface area (Å²) < 4.78 is 5.89. The maximum atomic E-state index is 5.89. The summed E-state index contributed by atoms with van der Waals surface area (Å²) in [6.07, 6.45) is 3.52. The Bertz CT molecular complexity index is 457. The van der Waals surface area contributed by atoms with Crippen LogP contribution < -0.4 is 5.32 Å². The maximum absolute atomic E-state index is 5.89. The summed E-state index contributed by atoms with van der Waals surface area (Å²) in [5.41, 5.74) is 1.38. The van der Waals surface area contributed by atoms with E-state index in [1.165, 1.54) is 6.42 Å². The summed E-state index contributed by atoms with van der Waals surface area (Å²) in [6.45, 7) is 10.1. The number of nitrogens with zero attached hydrogens (tertiary/aromatic N) is 1. The average Bonchev–Trinajstić information content (AvgIpc) is 2.86. The van der Waals surface area contributed by atoms with Crippen LogP contribution in [0.5, 0.6) is 0 Å². The monoisotopic (exact) mass is 274 g/mol. The standard InChI is InChI=1S/C17H26N2O/c1-11(2)14(13-7-5-6-9-18-13)19-15-12-8-10-20-16(12)17(15,3)4/h5-7,9,11-12,14-16,19H,8,10H2,1-4H3/t12-,14+,15-,16+/m1/s1. The van der Waals surface area contributed by atoms with Gasteiger partial charge in [0.1, 0.15) is 0 Å². The van der Waals surface area contributed by atoms with Gasteiger partial charge in [-0.2, -0.15) is 0 Å². The molecule has 0 aromatic carbocycles. The van der Waals surface area contributed by atoms with Crippen molar-refractivity contribution in [1.29, 1.82) is 0 Å². The van der Waals surface area contributed by atoms with Crippen LogP contribution in [0, 0.1) is 17.3 Å². The molecule has 0 bridgehead atoms. The lowest BCUT2D eigenvalue weighted by atomic mass is 9.57. The molecule has 2 fully saturated rings. The van der Waals surface area contributed by atoms with Gasteiger partial charge in [0.15, 0.2) is 0 Å². The number of rotatable bonds is 4. The number of hydrogen-bond donors (Lipinski definition) is 1. The first kappa shape index (κ1) is 14.0. The number of nitrogens with one attached hydrogen (secondary N) is 1. The fourth-order valence-electron chi connectivity index (χ4n) is 4.04. The third-order valence-corrected chi connectivity index (χ3v) is 5.13. The number of ether oxygens (including phenoxy) is 1. The minimum atomic E-state index is 0.225. The molecule has 1 aliphatic carbocycles. The molecule has 20 heavy (non-hydrogen) atoms. The summed E-state index contributed by atoms with van der Waals surface area (Å²) >= 11 is 0. The molecule has 1 aromatic heterocycles. The van der Waals surface area contributed by atoms with E-state index in [1.807, 2.05) is 12.3 Å². The van der Waals surface area contributed by atoms with Crippen LogP contribution in [0.4, 0.5) is 0 Å². The smallest absolute Gasteiger partial charge is 0.0685 e. The molecule has 4 atom stereocenters. The van der Waals surface area contributed by atoms with Crippen molar-refractivity contribution >= 4 is 0 Å². The van der Waals surface area contributed by atoms with Gasteiger partial charge < -0.3 is 10.1 Å². The molecular weight excluding hydrogens is 248 g/mol. The lowest BCUT2D eigenvalue weighted by molar-refractivity contribution is -0.117. The quantitative estimate of drug-likeness (QED) is 0.915. The molecule has 0 spiro atoms. The molecule has 110 valence electrons. The van der Waals surface area contributed by atoms with Gasteiger partial charge in [0, 0.05) is 30.2 Å². The van der Waals surface area contributed by atoms with Crippen LogP contribution in [0.25, 0.3) is 0 Å². The SMILES string of the molecule is CC(C)[C@H](N[C@@H]1[C@H]2CCO[C@@H]2C1(C)C)c1ccccn1.